The van der Waals surface area contributed by atoms with Gasteiger partial charge in [0.25, 0.3) is 15.9 Å². The second-order valence-corrected chi connectivity index (χ2v) is 9.52. The van der Waals surface area contributed by atoms with E-state index in [9.17, 15) is 13.2 Å². The Bertz CT molecular complexity index is 1160. The fourth-order valence-electron chi connectivity index (χ4n) is 3.05. The average molecular weight is 457 g/mol. The molecule has 0 unspecified atom stereocenters. The molecule has 0 aliphatic heterocycles. The first kappa shape index (κ1) is 22.7. The molecule has 0 bridgehead atoms. The molecule has 0 aliphatic rings. The summed E-state index contributed by atoms with van der Waals surface area (Å²) >= 11 is 1.54. The van der Waals surface area contributed by atoms with Crippen LogP contribution in [0.5, 0.6) is 5.75 Å². The number of thioether (sulfide) groups is 1. The zero-order valence-corrected chi connectivity index (χ0v) is 19.1. The van der Waals surface area contributed by atoms with Crippen LogP contribution in [0.3, 0.4) is 0 Å². The minimum atomic E-state index is -3.73. The highest BCUT2D eigenvalue weighted by Crippen LogP contribution is 2.25. The van der Waals surface area contributed by atoms with Gasteiger partial charge in [-0.2, -0.15) is 0 Å². The molecule has 1 amide bonds. The summed E-state index contributed by atoms with van der Waals surface area (Å²) in [4.78, 5) is 13.3. The van der Waals surface area contributed by atoms with Crippen molar-refractivity contribution in [3.8, 4) is 5.75 Å². The molecule has 0 radical (unpaired) electrons. The third-order valence-corrected chi connectivity index (χ3v) is 6.55. The summed E-state index contributed by atoms with van der Waals surface area (Å²) < 4.78 is 33.4. The van der Waals surface area contributed by atoms with E-state index in [1.807, 2.05) is 50.4 Å². The van der Waals surface area contributed by atoms with E-state index >= 15 is 0 Å². The summed E-state index contributed by atoms with van der Waals surface area (Å²) in [5, 5.41) is 2.81. The molecule has 162 valence electrons. The lowest BCUT2D eigenvalue weighted by atomic mass is 10.1. The SMILES string of the molecule is CSc1ccccc1NC(=O)COc1ccc(S(=O)(=O)Nc2cc(C)cc(C)c2)cc1. The van der Waals surface area contributed by atoms with Gasteiger partial charge in [-0.25, -0.2) is 8.42 Å². The van der Waals surface area contributed by atoms with Gasteiger partial charge in [-0.3, -0.25) is 9.52 Å². The Kier molecular flexibility index (Phi) is 7.25. The molecule has 0 spiro atoms. The van der Waals surface area contributed by atoms with Crippen LogP contribution in [-0.2, 0) is 14.8 Å². The topological polar surface area (TPSA) is 84.5 Å². The minimum Gasteiger partial charge on any atom is -0.484 e. The van der Waals surface area contributed by atoms with Gasteiger partial charge in [0.05, 0.1) is 10.6 Å². The Balaban J connectivity index is 1.61. The van der Waals surface area contributed by atoms with Gasteiger partial charge in [0.15, 0.2) is 6.61 Å². The molecular formula is C23H24N2O4S2. The lowest BCUT2D eigenvalue weighted by molar-refractivity contribution is -0.118. The zero-order chi connectivity index (χ0) is 22.4. The third-order valence-electron chi connectivity index (χ3n) is 4.36. The first-order valence-corrected chi connectivity index (χ1v) is 12.2. The molecule has 8 heteroatoms. The number of ether oxygens (including phenoxy) is 1. The Morgan fingerprint density at radius 3 is 2.26 bits per heavy atom. The number of benzene rings is 3. The maximum atomic E-state index is 12.6. The van der Waals surface area contributed by atoms with Crippen LogP contribution in [-0.4, -0.2) is 27.2 Å². The summed E-state index contributed by atoms with van der Waals surface area (Å²) in [5.41, 5.74) is 3.18. The number of hydrogen-bond acceptors (Lipinski definition) is 5. The smallest absolute Gasteiger partial charge is 0.262 e. The van der Waals surface area contributed by atoms with Crippen LogP contribution in [0, 0.1) is 13.8 Å². The number of amides is 1. The summed E-state index contributed by atoms with van der Waals surface area (Å²) in [6, 6.07) is 19.0. The average Bonchev–Trinajstić information content (AvgIpc) is 2.72. The van der Waals surface area contributed by atoms with E-state index in [4.69, 9.17) is 4.74 Å². The number of carbonyl (C=O) groups is 1. The van der Waals surface area contributed by atoms with Gasteiger partial charge < -0.3 is 10.1 Å². The number of sulfonamides is 1. The van der Waals surface area contributed by atoms with Crippen molar-refractivity contribution in [1.29, 1.82) is 0 Å². The van der Waals surface area contributed by atoms with Gasteiger partial charge >= 0.3 is 0 Å². The van der Waals surface area contributed by atoms with Crippen molar-refractivity contribution >= 4 is 39.1 Å². The number of rotatable bonds is 8. The molecule has 0 fully saturated rings. The van der Waals surface area contributed by atoms with Crippen molar-refractivity contribution in [2.75, 3.05) is 22.9 Å². The van der Waals surface area contributed by atoms with Gasteiger partial charge in [0.1, 0.15) is 5.75 Å². The highest BCUT2D eigenvalue weighted by Gasteiger charge is 2.15. The maximum Gasteiger partial charge on any atom is 0.262 e. The first-order chi connectivity index (χ1) is 14.8. The maximum absolute atomic E-state index is 12.6. The van der Waals surface area contributed by atoms with Crippen molar-refractivity contribution in [2.45, 2.75) is 23.6 Å². The van der Waals surface area contributed by atoms with E-state index in [0.717, 1.165) is 21.7 Å². The number of nitrogens with one attached hydrogen (secondary N) is 2. The van der Waals surface area contributed by atoms with Crippen molar-refractivity contribution in [2.24, 2.45) is 0 Å². The van der Waals surface area contributed by atoms with E-state index in [1.54, 1.807) is 12.1 Å². The second-order valence-electron chi connectivity index (χ2n) is 6.99. The van der Waals surface area contributed by atoms with Crippen LogP contribution < -0.4 is 14.8 Å². The summed E-state index contributed by atoms with van der Waals surface area (Å²) in [6.45, 7) is 3.63. The van der Waals surface area contributed by atoms with Crippen LogP contribution in [0.2, 0.25) is 0 Å². The molecule has 3 rings (SSSR count). The van der Waals surface area contributed by atoms with Crippen molar-refractivity contribution in [3.63, 3.8) is 0 Å². The monoisotopic (exact) mass is 456 g/mol. The number of aryl methyl sites for hydroxylation is 2. The van der Waals surface area contributed by atoms with Crippen LogP contribution in [0.25, 0.3) is 0 Å². The van der Waals surface area contributed by atoms with E-state index < -0.39 is 10.0 Å². The van der Waals surface area contributed by atoms with Crippen molar-refractivity contribution in [1.82, 2.24) is 0 Å². The quantitative estimate of drug-likeness (QED) is 0.474. The Labute approximate surface area is 187 Å². The molecule has 0 aliphatic carbocycles. The van der Waals surface area contributed by atoms with Crippen LogP contribution >= 0.6 is 11.8 Å². The third kappa shape index (κ3) is 6.26. The predicted molar refractivity (Wildman–Crippen MR) is 126 cm³/mol. The summed E-state index contributed by atoms with van der Waals surface area (Å²) in [7, 11) is -3.73. The highest BCUT2D eigenvalue weighted by molar-refractivity contribution is 7.98. The van der Waals surface area contributed by atoms with E-state index in [2.05, 4.69) is 10.0 Å². The van der Waals surface area contributed by atoms with Crippen molar-refractivity contribution < 1.29 is 17.9 Å². The van der Waals surface area contributed by atoms with Crippen LogP contribution in [0.4, 0.5) is 11.4 Å². The number of anilines is 2. The van der Waals surface area contributed by atoms with Gasteiger partial charge in [0.2, 0.25) is 0 Å². The molecule has 6 nitrogen and oxygen atoms in total. The fraction of sp³-hybridized carbons (Fsp3) is 0.174. The molecule has 2 N–H and O–H groups in total. The molecular weight excluding hydrogens is 432 g/mol. The van der Waals surface area contributed by atoms with Crippen molar-refractivity contribution in [3.05, 3.63) is 77.9 Å². The largest absolute Gasteiger partial charge is 0.484 e. The van der Waals surface area contributed by atoms with Crippen LogP contribution in [0.15, 0.2) is 76.5 Å². The van der Waals surface area contributed by atoms with Gasteiger partial charge in [-0.05, 0) is 79.8 Å². The van der Waals surface area contributed by atoms with Crippen LogP contribution in [0.1, 0.15) is 11.1 Å². The Morgan fingerprint density at radius 1 is 0.968 bits per heavy atom. The molecule has 31 heavy (non-hydrogen) atoms. The lowest BCUT2D eigenvalue weighted by Crippen LogP contribution is -2.20. The number of hydrogen-bond donors (Lipinski definition) is 2. The summed E-state index contributed by atoms with van der Waals surface area (Å²) in [5.74, 6) is 0.105. The zero-order valence-electron chi connectivity index (χ0n) is 17.5. The van der Waals surface area contributed by atoms with Gasteiger partial charge in [-0.1, -0.05) is 18.2 Å². The minimum absolute atomic E-state index is 0.109. The lowest BCUT2D eigenvalue weighted by Gasteiger charge is -2.12. The molecule has 0 saturated heterocycles. The first-order valence-electron chi connectivity index (χ1n) is 9.54. The van der Waals surface area contributed by atoms with E-state index in [1.165, 1.54) is 36.0 Å². The standard InChI is InChI=1S/C23H24N2O4S2/c1-16-12-17(2)14-18(13-16)25-31(27,28)20-10-8-19(9-11-20)29-15-23(26)24-21-6-4-5-7-22(21)30-3/h4-14,25H,15H2,1-3H3,(H,24,26). The molecule has 0 saturated carbocycles. The number of para-hydroxylation sites is 1. The molecule has 3 aromatic rings. The molecule has 0 heterocycles. The summed E-state index contributed by atoms with van der Waals surface area (Å²) in [6.07, 6.45) is 1.94. The Hall–Kier alpha value is -2.97. The molecule has 0 aromatic heterocycles. The van der Waals surface area contributed by atoms with E-state index in [0.29, 0.717) is 11.4 Å². The molecule has 3 aromatic carbocycles. The van der Waals surface area contributed by atoms with Gasteiger partial charge in [-0.15, -0.1) is 11.8 Å². The normalized spacial score (nSPS) is 11.1. The predicted octanol–water partition coefficient (Wildman–Crippen LogP) is 4.84. The number of carbonyl (C=O) groups excluding carboxylic acids is 1. The highest BCUT2D eigenvalue weighted by atomic mass is 32.2. The van der Waals surface area contributed by atoms with E-state index in [-0.39, 0.29) is 17.4 Å². The fourth-order valence-corrected chi connectivity index (χ4v) is 4.64. The second kappa shape index (κ2) is 9.89. The Morgan fingerprint density at radius 2 is 1.61 bits per heavy atom. The van der Waals surface area contributed by atoms with Gasteiger partial charge in [0, 0.05) is 10.6 Å². The molecule has 0 atom stereocenters.